The standard InChI is InChI=1S/C16H18ClN3O3S/c17-12-10-15(18-11-12)16(21)20-8-6-13(7-9-20)19-24(22,23)14-4-2-1-3-5-14/h1-5,10-11,13,18-19H,6-9H2. The summed E-state index contributed by atoms with van der Waals surface area (Å²) in [4.78, 5) is 17.1. The number of hydrogen-bond acceptors (Lipinski definition) is 3. The first-order valence-electron chi connectivity index (χ1n) is 7.66. The number of halogens is 1. The number of benzene rings is 1. The molecule has 128 valence electrons. The van der Waals surface area contributed by atoms with Gasteiger partial charge in [-0.2, -0.15) is 0 Å². The van der Waals surface area contributed by atoms with Crippen molar-refractivity contribution in [3.8, 4) is 0 Å². The SMILES string of the molecule is O=C(c1cc(Cl)c[nH]1)N1CCC(NS(=O)(=O)c2ccccc2)CC1. The Morgan fingerprint density at radius 2 is 1.88 bits per heavy atom. The van der Waals surface area contributed by atoms with Crippen molar-refractivity contribution in [3.63, 3.8) is 0 Å². The van der Waals surface area contributed by atoms with Gasteiger partial charge in [-0.15, -0.1) is 0 Å². The third kappa shape index (κ3) is 3.80. The number of rotatable bonds is 4. The molecule has 0 aliphatic carbocycles. The molecule has 0 saturated carbocycles. The fraction of sp³-hybridized carbons (Fsp3) is 0.312. The van der Waals surface area contributed by atoms with E-state index in [1.165, 1.54) is 0 Å². The summed E-state index contributed by atoms with van der Waals surface area (Å²) in [5.41, 5.74) is 0.448. The van der Waals surface area contributed by atoms with Gasteiger partial charge in [-0.1, -0.05) is 29.8 Å². The summed E-state index contributed by atoms with van der Waals surface area (Å²) < 4.78 is 27.4. The smallest absolute Gasteiger partial charge is 0.270 e. The highest BCUT2D eigenvalue weighted by Crippen LogP contribution is 2.18. The normalized spacial score (nSPS) is 16.3. The van der Waals surface area contributed by atoms with Gasteiger partial charge >= 0.3 is 0 Å². The first kappa shape index (κ1) is 17.0. The number of nitrogens with one attached hydrogen (secondary N) is 2. The van der Waals surface area contributed by atoms with Crippen LogP contribution in [0.1, 0.15) is 23.3 Å². The number of amides is 1. The first-order valence-corrected chi connectivity index (χ1v) is 9.52. The van der Waals surface area contributed by atoms with Gasteiger partial charge in [0, 0.05) is 25.3 Å². The van der Waals surface area contributed by atoms with Gasteiger partial charge in [0.15, 0.2) is 0 Å². The Morgan fingerprint density at radius 3 is 2.46 bits per heavy atom. The van der Waals surface area contributed by atoms with Crippen molar-refractivity contribution in [2.24, 2.45) is 0 Å². The van der Waals surface area contributed by atoms with Crippen LogP contribution in [0.5, 0.6) is 0 Å². The summed E-state index contributed by atoms with van der Waals surface area (Å²) in [5, 5.41) is 0.490. The predicted molar refractivity (Wildman–Crippen MR) is 91.5 cm³/mol. The van der Waals surface area contributed by atoms with E-state index >= 15 is 0 Å². The second-order valence-electron chi connectivity index (χ2n) is 5.73. The van der Waals surface area contributed by atoms with Crippen molar-refractivity contribution in [2.75, 3.05) is 13.1 Å². The number of H-pyrrole nitrogens is 1. The quantitative estimate of drug-likeness (QED) is 0.869. The predicted octanol–water partition coefficient (Wildman–Crippen LogP) is 2.25. The van der Waals surface area contributed by atoms with Crippen molar-refractivity contribution in [1.29, 1.82) is 0 Å². The molecule has 0 unspecified atom stereocenters. The van der Waals surface area contributed by atoms with Crippen LogP contribution >= 0.6 is 11.6 Å². The maximum Gasteiger partial charge on any atom is 0.270 e. The van der Waals surface area contributed by atoms with E-state index in [2.05, 4.69) is 9.71 Å². The molecule has 0 spiro atoms. The number of aromatic amines is 1. The fourth-order valence-corrected chi connectivity index (χ4v) is 4.24. The van der Waals surface area contributed by atoms with E-state index in [1.807, 2.05) is 0 Å². The molecule has 1 aliphatic rings. The zero-order chi connectivity index (χ0) is 17.2. The second-order valence-corrected chi connectivity index (χ2v) is 7.88. The Hall–Kier alpha value is -1.83. The van der Waals surface area contributed by atoms with Crippen molar-refractivity contribution in [1.82, 2.24) is 14.6 Å². The molecule has 1 saturated heterocycles. The molecule has 8 heteroatoms. The molecule has 6 nitrogen and oxygen atoms in total. The molecule has 2 aromatic rings. The zero-order valence-corrected chi connectivity index (χ0v) is 14.5. The van der Waals surface area contributed by atoms with Crippen LogP contribution in [0.15, 0.2) is 47.5 Å². The van der Waals surface area contributed by atoms with E-state index in [0.29, 0.717) is 36.6 Å². The van der Waals surface area contributed by atoms with Crippen LogP contribution in [0, 0.1) is 0 Å². The monoisotopic (exact) mass is 367 g/mol. The van der Waals surface area contributed by atoms with Crippen molar-refractivity contribution < 1.29 is 13.2 Å². The van der Waals surface area contributed by atoms with Gasteiger partial charge in [-0.3, -0.25) is 4.79 Å². The largest absolute Gasteiger partial charge is 0.356 e. The molecule has 2 heterocycles. The van der Waals surface area contributed by atoms with Gasteiger partial charge in [0.05, 0.1) is 9.92 Å². The molecule has 1 aliphatic heterocycles. The minimum Gasteiger partial charge on any atom is -0.356 e. The van der Waals surface area contributed by atoms with Crippen molar-refractivity contribution in [3.05, 3.63) is 53.3 Å². The van der Waals surface area contributed by atoms with Gasteiger partial charge in [0.1, 0.15) is 5.69 Å². The van der Waals surface area contributed by atoms with Gasteiger partial charge in [-0.05, 0) is 31.0 Å². The summed E-state index contributed by atoms with van der Waals surface area (Å²) in [7, 11) is -3.52. The Bertz CT molecular complexity index is 812. The molecule has 0 radical (unpaired) electrons. The number of piperidine rings is 1. The number of nitrogens with zero attached hydrogens (tertiary/aromatic N) is 1. The van der Waals surface area contributed by atoms with Gasteiger partial charge in [0.2, 0.25) is 10.0 Å². The van der Waals surface area contributed by atoms with E-state index in [0.717, 1.165) is 0 Å². The molecule has 1 amide bonds. The second kappa shape index (κ2) is 6.96. The van der Waals surface area contributed by atoms with E-state index < -0.39 is 10.0 Å². The molecule has 3 rings (SSSR count). The van der Waals surface area contributed by atoms with Crippen molar-refractivity contribution in [2.45, 2.75) is 23.8 Å². The lowest BCUT2D eigenvalue weighted by Crippen LogP contribution is -2.46. The van der Waals surface area contributed by atoms with Crippen LogP contribution in [-0.4, -0.2) is 43.3 Å². The maximum atomic E-state index is 12.3. The molecule has 0 bridgehead atoms. The highest BCUT2D eigenvalue weighted by molar-refractivity contribution is 7.89. The molecular formula is C16H18ClN3O3S. The average molecular weight is 368 g/mol. The van der Waals surface area contributed by atoms with E-state index in [1.54, 1.807) is 47.5 Å². The van der Waals surface area contributed by atoms with E-state index in [9.17, 15) is 13.2 Å². The Labute approximate surface area is 145 Å². The van der Waals surface area contributed by atoms with Crippen LogP contribution < -0.4 is 4.72 Å². The van der Waals surface area contributed by atoms with Gasteiger partial charge in [-0.25, -0.2) is 13.1 Å². The van der Waals surface area contributed by atoms with Crippen LogP contribution in [0.3, 0.4) is 0 Å². The molecule has 0 atom stereocenters. The van der Waals surface area contributed by atoms with Crippen LogP contribution in [0.2, 0.25) is 5.02 Å². The minimum absolute atomic E-state index is 0.119. The average Bonchev–Trinajstić information content (AvgIpc) is 3.02. The zero-order valence-electron chi connectivity index (χ0n) is 12.9. The Balaban J connectivity index is 1.58. The summed E-state index contributed by atoms with van der Waals surface area (Å²) in [6.07, 6.45) is 2.72. The van der Waals surface area contributed by atoms with E-state index in [4.69, 9.17) is 11.6 Å². The number of carbonyl (C=O) groups excluding carboxylic acids is 1. The molecule has 1 aromatic carbocycles. The third-order valence-corrected chi connectivity index (χ3v) is 5.79. The van der Waals surface area contributed by atoms with E-state index in [-0.39, 0.29) is 16.8 Å². The number of carbonyl (C=O) groups is 1. The lowest BCUT2D eigenvalue weighted by Gasteiger charge is -2.32. The number of hydrogen-bond donors (Lipinski definition) is 2. The minimum atomic E-state index is -3.52. The topological polar surface area (TPSA) is 82.3 Å². The highest BCUT2D eigenvalue weighted by Gasteiger charge is 2.27. The molecule has 24 heavy (non-hydrogen) atoms. The highest BCUT2D eigenvalue weighted by atomic mass is 35.5. The molecule has 1 aromatic heterocycles. The molecular weight excluding hydrogens is 350 g/mol. The lowest BCUT2D eigenvalue weighted by molar-refractivity contribution is 0.0706. The first-order chi connectivity index (χ1) is 11.5. The fourth-order valence-electron chi connectivity index (χ4n) is 2.75. The van der Waals surface area contributed by atoms with Crippen LogP contribution in [-0.2, 0) is 10.0 Å². The lowest BCUT2D eigenvalue weighted by atomic mass is 10.1. The number of aromatic nitrogens is 1. The van der Waals surface area contributed by atoms with Crippen LogP contribution in [0.4, 0.5) is 0 Å². The Morgan fingerprint density at radius 1 is 1.21 bits per heavy atom. The maximum absolute atomic E-state index is 12.3. The Kier molecular flexibility index (Phi) is 4.93. The van der Waals surface area contributed by atoms with Gasteiger partial charge < -0.3 is 9.88 Å². The summed E-state index contributed by atoms with van der Waals surface area (Å²) in [5.74, 6) is -0.119. The number of sulfonamides is 1. The molecule has 1 fully saturated rings. The van der Waals surface area contributed by atoms with Crippen molar-refractivity contribution >= 4 is 27.5 Å². The number of likely N-dealkylation sites (tertiary alicyclic amines) is 1. The van der Waals surface area contributed by atoms with Gasteiger partial charge in [0.25, 0.3) is 5.91 Å². The van der Waals surface area contributed by atoms with Crippen LogP contribution in [0.25, 0.3) is 0 Å². The third-order valence-electron chi connectivity index (χ3n) is 4.04. The molecule has 2 N–H and O–H groups in total. The summed E-state index contributed by atoms with van der Waals surface area (Å²) in [6, 6.07) is 9.71. The summed E-state index contributed by atoms with van der Waals surface area (Å²) >= 11 is 5.82. The summed E-state index contributed by atoms with van der Waals surface area (Å²) in [6.45, 7) is 0.995.